The molecule has 8 heteroatoms. The second-order valence-corrected chi connectivity index (χ2v) is 8.15. The first kappa shape index (κ1) is 22.8. The van der Waals surface area contributed by atoms with E-state index in [2.05, 4.69) is 0 Å². The van der Waals surface area contributed by atoms with Crippen LogP contribution in [0.4, 0.5) is 4.39 Å². The van der Waals surface area contributed by atoms with Gasteiger partial charge < -0.3 is 19.5 Å². The number of hydrogen-bond donors (Lipinski definition) is 1. The fourth-order valence-corrected chi connectivity index (χ4v) is 4.28. The van der Waals surface area contributed by atoms with Gasteiger partial charge in [-0.15, -0.1) is 0 Å². The quantitative estimate of drug-likeness (QED) is 0.618. The van der Waals surface area contributed by atoms with Gasteiger partial charge >= 0.3 is 0 Å². The number of amides is 2. The van der Waals surface area contributed by atoms with Crippen molar-refractivity contribution in [1.29, 1.82) is 0 Å². The molecule has 0 radical (unpaired) electrons. The number of ether oxygens (including phenoxy) is 2. The summed E-state index contributed by atoms with van der Waals surface area (Å²) in [7, 11) is 1.58. The minimum Gasteiger partial charge on any atom is -0.497 e. The summed E-state index contributed by atoms with van der Waals surface area (Å²) < 4.78 is 24.4. The number of carbonyl (C=O) groups excluding carboxylic acids is 2. The zero-order chi connectivity index (χ0) is 23.4. The molecule has 1 saturated heterocycles. The van der Waals surface area contributed by atoms with E-state index >= 15 is 0 Å². The molecule has 2 aliphatic heterocycles. The van der Waals surface area contributed by atoms with Gasteiger partial charge in [0.25, 0.3) is 11.8 Å². The Kier molecular flexibility index (Phi) is 6.93. The number of hydrogen-bond acceptors (Lipinski definition) is 6. The Balaban J connectivity index is 1.55. The summed E-state index contributed by atoms with van der Waals surface area (Å²) in [6, 6.07) is 12.6. The first-order chi connectivity index (χ1) is 16.0. The maximum Gasteiger partial charge on any atom is 0.277 e. The van der Waals surface area contributed by atoms with Crippen molar-refractivity contribution in [2.75, 3.05) is 40.0 Å². The number of piperidine rings is 1. The van der Waals surface area contributed by atoms with Gasteiger partial charge in [-0.1, -0.05) is 12.1 Å². The first-order valence-corrected chi connectivity index (χ1v) is 11.0. The summed E-state index contributed by atoms with van der Waals surface area (Å²) in [6.07, 6.45) is 1.68. The van der Waals surface area contributed by atoms with Crippen LogP contribution in [-0.2, 0) is 9.59 Å². The van der Waals surface area contributed by atoms with Gasteiger partial charge in [-0.05, 0) is 60.7 Å². The third-order valence-electron chi connectivity index (χ3n) is 6.01. The highest BCUT2D eigenvalue weighted by atomic mass is 19.1. The Labute approximate surface area is 192 Å². The van der Waals surface area contributed by atoms with E-state index in [1.165, 1.54) is 29.2 Å². The van der Waals surface area contributed by atoms with Gasteiger partial charge in [0, 0.05) is 19.7 Å². The maximum absolute atomic E-state index is 13.5. The lowest BCUT2D eigenvalue weighted by Crippen LogP contribution is -2.41. The highest BCUT2D eigenvalue weighted by Gasteiger charge is 2.42. The number of nitrogens with zero attached hydrogens (tertiary/aromatic N) is 2. The average molecular weight is 454 g/mol. The van der Waals surface area contributed by atoms with Crippen molar-refractivity contribution >= 4 is 17.4 Å². The number of rotatable bonds is 8. The Morgan fingerprint density at radius 3 is 2.39 bits per heavy atom. The van der Waals surface area contributed by atoms with Gasteiger partial charge in [0.05, 0.1) is 19.2 Å². The highest BCUT2D eigenvalue weighted by molar-refractivity contribution is 6.35. The van der Waals surface area contributed by atoms with Crippen molar-refractivity contribution in [3.05, 3.63) is 65.6 Å². The molecular formula is C25H27FN2O5. The van der Waals surface area contributed by atoms with E-state index in [-0.39, 0.29) is 31.2 Å². The molecule has 1 N–H and O–H groups in total. The molecule has 2 aliphatic rings. The fourth-order valence-electron chi connectivity index (χ4n) is 4.28. The van der Waals surface area contributed by atoms with Crippen LogP contribution in [0.15, 0.2) is 54.2 Å². The molecule has 1 fully saturated rings. The number of aliphatic hydroxyl groups excluding tert-OH is 1. The number of aliphatic hydroxyl groups is 1. The van der Waals surface area contributed by atoms with Crippen molar-refractivity contribution < 1.29 is 28.6 Å². The molecular weight excluding hydrogens is 427 g/mol. The lowest BCUT2D eigenvalue weighted by atomic mass is 9.97. The van der Waals surface area contributed by atoms with Crippen LogP contribution in [0.2, 0.25) is 0 Å². The third kappa shape index (κ3) is 4.85. The molecule has 1 unspecified atom stereocenters. The Hall–Kier alpha value is -3.39. The summed E-state index contributed by atoms with van der Waals surface area (Å²) in [5.74, 6) is 0.107. The summed E-state index contributed by atoms with van der Waals surface area (Å²) in [5.41, 5.74) is 1.08. The largest absolute Gasteiger partial charge is 0.497 e. The molecule has 2 aromatic rings. The fraction of sp³-hybridized carbons (Fsp3) is 0.360. The van der Waals surface area contributed by atoms with E-state index in [9.17, 15) is 19.1 Å². The normalized spacial score (nSPS) is 18.8. The van der Waals surface area contributed by atoms with Crippen molar-refractivity contribution in [2.24, 2.45) is 5.92 Å². The standard InChI is InChI=1S/C25H27FN2O5/c1-32-20-8-10-21(11-9-20)33-14-13-28-24(30)22(18-4-6-19(26)7-5-18)23(25(28)31)27-12-2-3-17(15-27)16-29/h4-11,17,29H,2-3,12-16H2,1H3. The number of imide groups is 1. The van der Waals surface area contributed by atoms with Gasteiger partial charge in [-0.3, -0.25) is 14.5 Å². The Morgan fingerprint density at radius 2 is 1.73 bits per heavy atom. The summed E-state index contributed by atoms with van der Waals surface area (Å²) >= 11 is 0. The van der Waals surface area contributed by atoms with Crippen LogP contribution in [0, 0.1) is 11.7 Å². The summed E-state index contributed by atoms with van der Waals surface area (Å²) in [6.45, 7) is 1.34. The molecule has 0 saturated carbocycles. The third-order valence-corrected chi connectivity index (χ3v) is 6.01. The maximum atomic E-state index is 13.5. The lowest BCUT2D eigenvalue weighted by molar-refractivity contribution is -0.138. The molecule has 2 heterocycles. The highest BCUT2D eigenvalue weighted by Crippen LogP contribution is 2.34. The van der Waals surface area contributed by atoms with Gasteiger partial charge in [0.15, 0.2) is 0 Å². The van der Waals surface area contributed by atoms with Gasteiger partial charge in [-0.25, -0.2) is 4.39 Å². The van der Waals surface area contributed by atoms with E-state index in [4.69, 9.17) is 9.47 Å². The number of likely N-dealkylation sites (tertiary alicyclic amines) is 1. The monoisotopic (exact) mass is 454 g/mol. The van der Waals surface area contributed by atoms with E-state index in [0.29, 0.717) is 35.8 Å². The van der Waals surface area contributed by atoms with Crippen LogP contribution in [-0.4, -0.2) is 66.7 Å². The zero-order valence-corrected chi connectivity index (χ0v) is 18.5. The second-order valence-electron chi connectivity index (χ2n) is 8.15. The van der Waals surface area contributed by atoms with Crippen LogP contribution < -0.4 is 9.47 Å². The average Bonchev–Trinajstić information content (AvgIpc) is 3.10. The molecule has 0 aromatic heterocycles. The van der Waals surface area contributed by atoms with Crippen LogP contribution in [0.25, 0.3) is 5.57 Å². The summed E-state index contributed by atoms with van der Waals surface area (Å²) in [4.78, 5) is 29.8. The van der Waals surface area contributed by atoms with E-state index < -0.39 is 17.6 Å². The lowest BCUT2D eigenvalue weighted by Gasteiger charge is -2.34. The molecule has 2 aromatic carbocycles. The molecule has 4 rings (SSSR count). The Bertz CT molecular complexity index is 1040. The predicted molar refractivity (Wildman–Crippen MR) is 120 cm³/mol. The van der Waals surface area contributed by atoms with Crippen LogP contribution in [0.3, 0.4) is 0 Å². The number of halogens is 1. The molecule has 174 valence electrons. The van der Waals surface area contributed by atoms with Gasteiger partial charge in [0.2, 0.25) is 0 Å². The first-order valence-electron chi connectivity index (χ1n) is 11.0. The van der Waals surface area contributed by atoms with E-state index in [0.717, 1.165) is 12.8 Å². The van der Waals surface area contributed by atoms with Crippen LogP contribution in [0.5, 0.6) is 11.5 Å². The molecule has 7 nitrogen and oxygen atoms in total. The van der Waals surface area contributed by atoms with E-state index in [1.54, 1.807) is 31.4 Å². The minimum atomic E-state index is -0.425. The van der Waals surface area contributed by atoms with Crippen molar-refractivity contribution in [2.45, 2.75) is 12.8 Å². The number of benzene rings is 2. The molecule has 33 heavy (non-hydrogen) atoms. The number of methoxy groups -OCH3 is 1. The second kappa shape index (κ2) is 10.0. The van der Waals surface area contributed by atoms with Gasteiger partial charge in [-0.2, -0.15) is 0 Å². The van der Waals surface area contributed by atoms with E-state index in [1.807, 2.05) is 4.90 Å². The summed E-state index contributed by atoms with van der Waals surface area (Å²) in [5, 5.41) is 9.62. The molecule has 0 bridgehead atoms. The van der Waals surface area contributed by atoms with Gasteiger partial charge in [0.1, 0.15) is 29.6 Å². The topological polar surface area (TPSA) is 79.3 Å². The molecule has 1 atom stereocenters. The minimum absolute atomic E-state index is 0.0250. The van der Waals surface area contributed by atoms with Crippen molar-refractivity contribution in [3.8, 4) is 11.5 Å². The Morgan fingerprint density at radius 1 is 1.03 bits per heavy atom. The molecule has 0 aliphatic carbocycles. The number of carbonyl (C=O) groups is 2. The molecule has 0 spiro atoms. The zero-order valence-electron chi connectivity index (χ0n) is 18.5. The SMILES string of the molecule is COc1ccc(OCCN2C(=O)C(c3ccc(F)cc3)=C(N3CCCC(CO)C3)C2=O)cc1. The van der Waals surface area contributed by atoms with Crippen molar-refractivity contribution in [3.63, 3.8) is 0 Å². The smallest absolute Gasteiger partial charge is 0.277 e. The van der Waals surface area contributed by atoms with Crippen LogP contribution in [0.1, 0.15) is 18.4 Å². The van der Waals surface area contributed by atoms with Crippen LogP contribution >= 0.6 is 0 Å². The predicted octanol–water partition coefficient (Wildman–Crippen LogP) is 2.70. The molecule has 2 amide bonds. The van der Waals surface area contributed by atoms with Crippen molar-refractivity contribution in [1.82, 2.24) is 9.80 Å².